The second-order valence-corrected chi connectivity index (χ2v) is 5.07. The summed E-state index contributed by atoms with van der Waals surface area (Å²) in [6, 6.07) is 15.1. The molecule has 2 aromatic rings. The molecule has 1 amide bonds. The lowest BCUT2D eigenvalue weighted by Crippen LogP contribution is -2.29. The molecule has 0 aliphatic rings. The fraction of sp³-hybridized carbons (Fsp3) is 0.211. The molecular weight excluding hydrogens is 306 g/mol. The minimum Gasteiger partial charge on any atom is -0.493 e. The summed E-state index contributed by atoms with van der Waals surface area (Å²) in [7, 11) is 1.56. The van der Waals surface area contributed by atoms with Crippen LogP contribution in [0.3, 0.4) is 0 Å². The molecule has 0 heterocycles. The van der Waals surface area contributed by atoms with Gasteiger partial charge in [-0.3, -0.25) is 9.63 Å². The van der Waals surface area contributed by atoms with Crippen LogP contribution in [0, 0.1) is 0 Å². The van der Waals surface area contributed by atoms with Gasteiger partial charge in [-0.1, -0.05) is 42.5 Å². The zero-order valence-electron chi connectivity index (χ0n) is 13.7. The van der Waals surface area contributed by atoms with Crippen LogP contribution in [0.4, 0.5) is 0 Å². The highest BCUT2D eigenvalue weighted by atomic mass is 16.7. The molecule has 0 aliphatic heterocycles. The van der Waals surface area contributed by atoms with Crippen LogP contribution in [-0.2, 0) is 22.7 Å². The van der Waals surface area contributed by atoms with Crippen molar-refractivity contribution in [3.63, 3.8) is 0 Å². The van der Waals surface area contributed by atoms with Crippen molar-refractivity contribution in [2.24, 2.45) is 0 Å². The lowest BCUT2D eigenvalue weighted by Gasteiger charge is -2.12. The number of allylic oxidation sites excluding steroid dienone is 1. The summed E-state index contributed by atoms with van der Waals surface area (Å²) < 4.78 is 10.8. The molecule has 5 nitrogen and oxygen atoms in total. The minimum atomic E-state index is -0.372. The van der Waals surface area contributed by atoms with Gasteiger partial charge in [-0.15, -0.1) is 6.58 Å². The fourth-order valence-corrected chi connectivity index (χ4v) is 2.07. The highest BCUT2D eigenvalue weighted by Gasteiger charge is 2.08. The van der Waals surface area contributed by atoms with Crippen LogP contribution in [0.25, 0.3) is 0 Å². The van der Waals surface area contributed by atoms with Crippen molar-refractivity contribution in [3.05, 3.63) is 72.3 Å². The van der Waals surface area contributed by atoms with Gasteiger partial charge in [0.25, 0.3) is 5.91 Å². The van der Waals surface area contributed by atoms with Crippen LogP contribution in [0.1, 0.15) is 11.1 Å². The van der Waals surface area contributed by atoms with E-state index in [0.717, 1.165) is 17.5 Å². The summed E-state index contributed by atoms with van der Waals surface area (Å²) >= 11 is 0. The lowest BCUT2D eigenvalue weighted by molar-refractivity contribution is -0.136. The van der Waals surface area contributed by atoms with Gasteiger partial charge in [-0.25, -0.2) is 5.48 Å². The zero-order valence-corrected chi connectivity index (χ0v) is 13.7. The highest BCUT2D eigenvalue weighted by Crippen LogP contribution is 2.28. The molecule has 0 spiro atoms. The Labute approximate surface area is 141 Å². The number of hydrogen-bond acceptors (Lipinski definition) is 4. The molecule has 1 N–H and O–H groups in total. The molecule has 126 valence electrons. The van der Waals surface area contributed by atoms with Crippen LogP contribution >= 0.6 is 0 Å². The third-order valence-corrected chi connectivity index (χ3v) is 3.23. The highest BCUT2D eigenvalue weighted by molar-refractivity contribution is 5.76. The van der Waals surface area contributed by atoms with Crippen molar-refractivity contribution >= 4 is 5.91 Å². The van der Waals surface area contributed by atoms with Crippen LogP contribution < -0.4 is 15.0 Å². The Bertz CT molecular complexity index is 670. The summed E-state index contributed by atoms with van der Waals surface area (Å²) in [6.45, 7) is 3.84. The predicted octanol–water partition coefficient (Wildman–Crippen LogP) is 3.05. The standard InChI is InChI=1S/C19H21NO4/c1-3-7-15-10-11-17(18(12-15)22-2)23-14-19(21)20-24-13-16-8-5-4-6-9-16/h3-6,8-12H,1,7,13-14H2,2H3,(H,20,21). The maximum atomic E-state index is 11.8. The summed E-state index contributed by atoms with van der Waals surface area (Å²) in [6.07, 6.45) is 2.55. The van der Waals surface area contributed by atoms with Crippen molar-refractivity contribution < 1.29 is 19.1 Å². The van der Waals surface area contributed by atoms with Crippen LogP contribution in [-0.4, -0.2) is 19.6 Å². The lowest BCUT2D eigenvalue weighted by atomic mass is 10.1. The van der Waals surface area contributed by atoms with Crippen molar-refractivity contribution in [1.29, 1.82) is 0 Å². The largest absolute Gasteiger partial charge is 0.493 e. The molecule has 0 radical (unpaired) electrons. The number of hydrogen-bond donors (Lipinski definition) is 1. The molecule has 0 bridgehead atoms. The average molecular weight is 327 g/mol. The number of carbonyl (C=O) groups is 1. The first-order valence-corrected chi connectivity index (χ1v) is 7.58. The van der Waals surface area contributed by atoms with Crippen molar-refractivity contribution in [3.8, 4) is 11.5 Å². The van der Waals surface area contributed by atoms with E-state index in [4.69, 9.17) is 14.3 Å². The number of carbonyl (C=O) groups excluding carboxylic acids is 1. The summed E-state index contributed by atoms with van der Waals surface area (Å²) in [4.78, 5) is 16.9. The Morgan fingerprint density at radius 2 is 1.92 bits per heavy atom. The fourth-order valence-electron chi connectivity index (χ4n) is 2.07. The third kappa shape index (κ3) is 5.44. The van der Waals surface area contributed by atoms with E-state index in [1.165, 1.54) is 0 Å². The van der Waals surface area contributed by atoms with Crippen LogP contribution in [0.2, 0.25) is 0 Å². The van der Waals surface area contributed by atoms with E-state index in [-0.39, 0.29) is 12.5 Å². The second kappa shape index (κ2) is 9.37. The molecule has 5 heteroatoms. The van der Waals surface area contributed by atoms with Crippen molar-refractivity contribution in [2.75, 3.05) is 13.7 Å². The molecule has 2 aromatic carbocycles. The Morgan fingerprint density at radius 1 is 1.12 bits per heavy atom. The van der Waals surface area contributed by atoms with Gasteiger partial charge in [-0.2, -0.15) is 0 Å². The van der Waals surface area contributed by atoms with Crippen LogP contribution in [0.15, 0.2) is 61.2 Å². The number of benzene rings is 2. The molecule has 0 aromatic heterocycles. The van der Waals surface area contributed by atoms with E-state index in [2.05, 4.69) is 12.1 Å². The summed E-state index contributed by atoms with van der Waals surface area (Å²) in [5.41, 5.74) is 4.38. The van der Waals surface area contributed by atoms with E-state index in [1.807, 2.05) is 48.5 Å². The first-order chi connectivity index (χ1) is 11.7. The van der Waals surface area contributed by atoms with E-state index >= 15 is 0 Å². The van der Waals surface area contributed by atoms with Gasteiger partial charge in [0.05, 0.1) is 13.7 Å². The minimum absolute atomic E-state index is 0.161. The Kier molecular flexibility index (Phi) is 6.86. The predicted molar refractivity (Wildman–Crippen MR) is 91.8 cm³/mol. The molecule has 2 rings (SSSR count). The molecule has 0 unspecified atom stereocenters. The van der Waals surface area contributed by atoms with Gasteiger partial charge in [0.1, 0.15) is 0 Å². The third-order valence-electron chi connectivity index (χ3n) is 3.23. The number of nitrogens with one attached hydrogen (secondary N) is 1. The van der Waals surface area contributed by atoms with Gasteiger partial charge in [0.2, 0.25) is 0 Å². The Balaban J connectivity index is 1.79. The second-order valence-electron chi connectivity index (χ2n) is 5.07. The van der Waals surface area contributed by atoms with E-state index in [1.54, 1.807) is 13.2 Å². The summed E-state index contributed by atoms with van der Waals surface area (Å²) in [5, 5.41) is 0. The molecule has 0 atom stereocenters. The molecule has 0 saturated carbocycles. The smallest absolute Gasteiger partial charge is 0.281 e. The number of rotatable bonds is 9. The average Bonchev–Trinajstić information content (AvgIpc) is 2.61. The maximum absolute atomic E-state index is 11.8. The van der Waals surface area contributed by atoms with E-state index in [9.17, 15) is 4.79 Å². The van der Waals surface area contributed by atoms with Gasteiger partial charge in [0.15, 0.2) is 18.1 Å². The van der Waals surface area contributed by atoms with E-state index in [0.29, 0.717) is 18.1 Å². The van der Waals surface area contributed by atoms with Crippen molar-refractivity contribution in [2.45, 2.75) is 13.0 Å². The van der Waals surface area contributed by atoms with Gasteiger partial charge in [-0.05, 0) is 29.7 Å². The van der Waals surface area contributed by atoms with Gasteiger partial charge in [0, 0.05) is 0 Å². The quantitative estimate of drug-likeness (QED) is 0.568. The monoisotopic (exact) mass is 327 g/mol. The maximum Gasteiger partial charge on any atom is 0.281 e. The normalized spacial score (nSPS) is 10.0. The summed E-state index contributed by atoms with van der Waals surface area (Å²) in [5.74, 6) is 0.707. The molecule has 0 aliphatic carbocycles. The van der Waals surface area contributed by atoms with Crippen molar-refractivity contribution in [1.82, 2.24) is 5.48 Å². The van der Waals surface area contributed by atoms with Gasteiger partial charge < -0.3 is 9.47 Å². The Morgan fingerprint density at radius 3 is 2.62 bits per heavy atom. The van der Waals surface area contributed by atoms with Crippen LogP contribution in [0.5, 0.6) is 11.5 Å². The molecular formula is C19H21NO4. The zero-order chi connectivity index (χ0) is 17.2. The molecule has 0 fully saturated rings. The topological polar surface area (TPSA) is 56.8 Å². The van der Waals surface area contributed by atoms with Gasteiger partial charge >= 0.3 is 0 Å². The Hall–Kier alpha value is -2.79. The number of amides is 1. The first kappa shape index (κ1) is 17.6. The number of hydroxylamine groups is 1. The number of methoxy groups -OCH3 is 1. The SMILES string of the molecule is C=CCc1ccc(OCC(=O)NOCc2ccccc2)c(OC)c1. The van der Waals surface area contributed by atoms with E-state index < -0.39 is 0 Å². The molecule has 24 heavy (non-hydrogen) atoms. The molecule has 0 saturated heterocycles. The first-order valence-electron chi connectivity index (χ1n) is 7.58. The number of ether oxygens (including phenoxy) is 2.